The Hall–Kier alpha value is -2.53. The van der Waals surface area contributed by atoms with Crippen LogP contribution in [0.15, 0.2) is 42.9 Å². The molecule has 1 aromatic carbocycles. The summed E-state index contributed by atoms with van der Waals surface area (Å²) in [4.78, 5) is 13.3. The van der Waals surface area contributed by atoms with E-state index in [1.54, 1.807) is 12.4 Å². The smallest absolute Gasteiger partial charge is 0.163 e. The van der Waals surface area contributed by atoms with Crippen LogP contribution in [0.3, 0.4) is 0 Å². The van der Waals surface area contributed by atoms with Gasteiger partial charge in [-0.25, -0.2) is 15.0 Å². The van der Waals surface area contributed by atoms with Crippen LogP contribution in [0.2, 0.25) is 0 Å². The predicted octanol–water partition coefficient (Wildman–Crippen LogP) is 2.92. The topological polar surface area (TPSA) is 52.8 Å². The zero-order chi connectivity index (χ0) is 14.9. The van der Waals surface area contributed by atoms with Gasteiger partial charge in [0.15, 0.2) is 5.82 Å². The Balaban J connectivity index is 1.79. The van der Waals surface area contributed by atoms with Crippen molar-refractivity contribution in [3.8, 4) is 17.2 Å². The van der Waals surface area contributed by atoms with Crippen LogP contribution in [-0.2, 0) is 24.4 Å². The molecule has 1 aliphatic rings. The molecule has 0 saturated heterocycles. The summed E-state index contributed by atoms with van der Waals surface area (Å²) < 4.78 is 7.54. The average molecular weight is 292 g/mol. The summed E-state index contributed by atoms with van der Waals surface area (Å²) in [5, 5.41) is 0. The fraction of sp³-hybridized carbons (Fsp3) is 0.235. The van der Waals surface area contributed by atoms with E-state index in [0.717, 1.165) is 29.5 Å². The number of aromatic nitrogens is 4. The molecule has 0 atom stereocenters. The predicted molar refractivity (Wildman–Crippen MR) is 82.5 cm³/mol. The SMILES string of the molecule is CCc1nccc(-c2nccn2-c2ccc3c(c2)COC3)n1. The third-order valence-electron chi connectivity index (χ3n) is 3.87. The maximum absolute atomic E-state index is 5.49. The van der Waals surface area contributed by atoms with Crippen LogP contribution in [-0.4, -0.2) is 19.5 Å². The zero-order valence-corrected chi connectivity index (χ0v) is 12.4. The molecule has 0 radical (unpaired) electrons. The largest absolute Gasteiger partial charge is 0.372 e. The normalized spacial score (nSPS) is 13.3. The molecule has 4 rings (SSSR count). The van der Waals surface area contributed by atoms with Crippen molar-refractivity contribution in [3.63, 3.8) is 0 Å². The van der Waals surface area contributed by atoms with Gasteiger partial charge in [-0.05, 0) is 29.3 Å². The fourth-order valence-electron chi connectivity index (χ4n) is 2.70. The summed E-state index contributed by atoms with van der Waals surface area (Å²) in [5.41, 5.74) is 4.43. The summed E-state index contributed by atoms with van der Waals surface area (Å²) in [6.45, 7) is 3.44. The number of benzene rings is 1. The summed E-state index contributed by atoms with van der Waals surface area (Å²) in [6.07, 6.45) is 6.36. The fourth-order valence-corrected chi connectivity index (χ4v) is 2.70. The quantitative estimate of drug-likeness (QED) is 0.745. The van der Waals surface area contributed by atoms with Gasteiger partial charge in [-0.1, -0.05) is 13.0 Å². The molecule has 0 bridgehead atoms. The van der Waals surface area contributed by atoms with Crippen LogP contribution >= 0.6 is 0 Å². The highest BCUT2D eigenvalue weighted by molar-refractivity contribution is 5.55. The number of nitrogens with zero attached hydrogens (tertiary/aromatic N) is 4. The second-order valence-electron chi connectivity index (χ2n) is 5.28. The maximum Gasteiger partial charge on any atom is 0.163 e. The highest BCUT2D eigenvalue weighted by Crippen LogP contribution is 2.25. The Morgan fingerprint density at radius 3 is 2.91 bits per heavy atom. The molecular weight excluding hydrogens is 276 g/mol. The van der Waals surface area contributed by atoms with Crippen molar-refractivity contribution in [2.45, 2.75) is 26.6 Å². The van der Waals surface area contributed by atoms with Crippen molar-refractivity contribution in [2.75, 3.05) is 0 Å². The second kappa shape index (κ2) is 5.35. The molecule has 1 aliphatic heterocycles. The van der Waals surface area contributed by atoms with Crippen LogP contribution in [0.1, 0.15) is 23.9 Å². The maximum atomic E-state index is 5.49. The summed E-state index contributed by atoms with van der Waals surface area (Å²) in [5.74, 6) is 1.66. The van der Waals surface area contributed by atoms with E-state index in [0.29, 0.717) is 13.2 Å². The Morgan fingerprint density at radius 1 is 1.09 bits per heavy atom. The van der Waals surface area contributed by atoms with Gasteiger partial charge in [0.2, 0.25) is 0 Å². The lowest BCUT2D eigenvalue weighted by atomic mass is 10.1. The molecule has 0 saturated carbocycles. The number of hydrogen-bond acceptors (Lipinski definition) is 4. The van der Waals surface area contributed by atoms with E-state index < -0.39 is 0 Å². The molecule has 22 heavy (non-hydrogen) atoms. The van der Waals surface area contributed by atoms with E-state index >= 15 is 0 Å². The van der Waals surface area contributed by atoms with Gasteiger partial charge in [0.05, 0.1) is 13.2 Å². The molecule has 0 unspecified atom stereocenters. The van der Waals surface area contributed by atoms with E-state index in [2.05, 4.69) is 37.7 Å². The van der Waals surface area contributed by atoms with Crippen molar-refractivity contribution in [3.05, 3.63) is 59.8 Å². The highest BCUT2D eigenvalue weighted by atomic mass is 16.5. The van der Waals surface area contributed by atoms with Gasteiger partial charge in [-0.2, -0.15) is 0 Å². The van der Waals surface area contributed by atoms with Crippen LogP contribution in [0, 0.1) is 0 Å². The van der Waals surface area contributed by atoms with Gasteiger partial charge in [-0.15, -0.1) is 0 Å². The number of ether oxygens (including phenoxy) is 1. The Morgan fingerprint density at radius 2 is 2.00 bits per heavy atom. The molecule has 0 N–H and O–H groups in total. The molecular formula is C17H16N4O. The Labute approximate surface area is 128 Å². The lowest BCUT2D eigenvalue weighted by Crippen LogP contribution is -2.01. The summed E-state index contributed by atoms with van der Waals surface area (Å²) in [7, 11) is 0. The van der Waals surface area contributed by atoms with Crippen LogP contribution in [0.5, 0.6) is 0 Å². The zero-order valence-electron chi connectivity index (χ0n) is 12.4. The van der Waals surface area contributed by atoms with Crippen molar-refractivity contribution in [2.24, 2.45) is 0 Å². The van der Waals surface area contributed by atoms with Gasteiger partial charge >= 0.3 is 0 Å². The van der Waals surface area contributed by atoms with Crippen LogP contribution in [0.25, 0.3) is 17.2 Å². The van der Waals surface area contributed by atoms with Crippen LogP contribution < -0.4 is 0 Å². The molecule has 110 valence electrons. The molecule has 0 fully saturated rings. The number of imidazole rings is 1. The summed E-state index contributed by atoms with van der Waals surface area (Å²) in [6, 6.07) is 8.28. The monoisotopic (exact) mass is 292 g/mol. The molecule has 2 aromatic heterocycles. The molecule has 0 spiro atoms. The van der Waals surface area contributed by atoms with Gasteiger partial charge < -0.3 is 4.74 Å². The standard InChI is InChI=1S/C17H16N4O/c1-2-16-18-6-5-15(20-16)17-19-7-8-21(17)14-4-3-12-10-22-11-13(12)9-14/h3-9H,2,10-11H2,1H3. The van der Waals surface area contributed by atoms with E-state index in [4.69, 9.17) is 4.74 Å². The van der Waals surface area contributed by atoms with Gasteiger partial charge in [0.1, 0.15) is 11.5 Å². The number of rotatable bonds is 3. The Bertz CT molecular complexity index is 825. The first-order valence-electron chi connectivity index (χ1n) is 7.40. The van der Waals surface area contributed by atoms with Crippen molar-refractivity contribution in [1.82, 2.24) is 19.5 Å². The minimum Gasteiger partial charge on any atom is -0.372 e. The third kappa shape index (κ3) is 2.19. The molecule has 5 nitrogen and oxygen atoms in total. The minimum absolute atomic E-state index is 0.681. The minimum atomic E-state index is 0.681. The first-order valence-corrected chi connectivity index (χ1v) is 7.40. The van der Waals surface area contributed by atoms with Crippen molar-refractivity contribution >= 4 is 0 Å². The molecule has 3 aromatic rings. The first kappa shape index (κ1) is 13.2. The lowest BCUT2D eigenvalue weighted by Gasteiger charge is -2.09. The summed E-state index contributed by atoms with van der Waals surface area (Å²) >= 11 is 0. The number of aryl methyl sites for hydroxylation is 1. The molecule has 3 heterocycles. The average Bonchev–Trinajstić information content (AvgIpc) is 3.23. The van der Waals surface area contributed by atoms with Crippen LogP contribution in [0.4, 0.5) is 0 Å². The van der Waals surface area contributed by atoms with E-state index in [-0.39, 0.29) is 0 Å². The second-order valence-corrected chi connectivity index (χ2v) is 5.28. The van der Waals surface area contributed by atoms with Gasteiger partial charge in [0, 0.05) is 30.7 Å². The van der Waals surface area contributed by atoms with E-state index in [1.165, 1.54) is 11.1 Å². The first-order chi connectivity index (χ1) is 10.8. The van der Waals surface area contributed by atoms with Crippen molar-refractivity contribution < 1.29 is 4.74 Å². The highest BCUT2D eigenvalue weighted by Gasteiger charge is 2.14. The van der Waals surface area contributed by atoms with E-state index in [9.17, 15) is 0 Å². The number of hydrogen-bond donors (Lipinski definition) is 0. The molecule has 0 aliphatic carbocycles. The number of fused-ring (bicyclic) bond motifs is 1. The van der Waals surface area contributed by atoms with Gasteiger partial charge in [0.25, 0.3) is 0 Å². The van der Waals surface area contributed by atoms with E-state index in [1.807, 2.05) is 19.2 Å². The van der Waals surface area contributed by atoms with Gasteiger partial charge in [-0.3, -0.25) is 4.57 Å². The molecule has 0 amide bonds. The van der Waals surface area contributed by atoms with Crippen molar-refractivity contribution in [1.29, 1.82) is 0 Å². The molecule has 5 heteroatoms. The lowest BCUT2D eigenvalue weighted by molar-refractivity contribution is 0.134. The Kier molecular flexibility index (Phi) is 3.20. The third-order valence-corrected chi connectivity index (χ3v) is 3.87.